The van der Waals surface area contributed by atoms with E-state index in [1.807, 2.05) is 0 Å². The molecule has 0 heterocycles. The monoisotopic (exact) mass is 568 g/mol. The molecule has 0 atom stereocenters. The molecule has 0 aliphatic rings. The van der Waals surface area contributed by atoms with Gasteiger partial charge in [-0.2, -0.15) is 0 Å². The molecule has 0 aromatic heterocycles. The normalized spacial score (nSPS) is 10.1. The molecular weight excluding hydrogens is 524 g/mol. The van der Waals surface area contributed by atoms with Crippen LogP contribution in [-0.2, 0) is 4.74 Å². The molecule has 0 bridgehead atoms. The molecule has 0 spiro atoms. The van der Waals surface area contributed by atoms with Crippen LogP contribution in [0.15, 0.2) is 36.4 Å². The zero-order valence-corrected chi connectivity index (χ0v) is 24.0. The van der Waals surface area contributed by atoms with Gasteiger partial charge >= 0.3 is 5.97 Å². The highest BCUT2D eigenvalue weighted by Gasteiger charge is 2.13. The van der Waals surface area contributed by atoms with Crippen molar-refractivity contribution in [3.8, 4) is 23.0 Å². The molecular formula is C30H45ClO8. The summed E-state index contributed by atoms with van der Waals surface area (Å²) in [5.41, 5.74) is -0.0855. The number of hydrogen-bond donors (Lipinski definition) is 5. The molecule has 0 unspecified atom stereocenters. The van der Waals surface area contributed by atoms with Crippen molar-refractivity contribution >= 4 is 22.8 Å². The van der Waals surface area contributed by atoms with Crippen molar-refractivity contribution in [1.29, 1.82) is 0 Å². The number of rotatable bonds is 15. The average Bonchev–Trinajstić information content (AvgIpc) is 2.91. The van der Waals surface area contributed by atoms with E-state index in [0.29, 0.717) is 13.2 Å². The molecule has 0 amide bonds. The van der Waals surface area contributed by atoms with Crippen LogP contribution in [0, 0.1) is 0 Å². The lowest BCUT2D eigenvalue weighted by molar-refractivity contribution is 0.0493. The molecule has 220 valence electrons. The Balaban J connectivity index is 0.000000612. The second-order valence-corrected chi connectivity index (χ2v) is 9.41. The molecule has 2 rings (SSSR count). The third-order valence-corrected chi connectivity index (χ3v) is 5.84. The predicted molar refractivity (Wildman–Crippen MR) is 154 cm³/mol. The van der Waals surface area contributed by atoms with Crippen LogP contribution >= 0.6 is 11.6 Å². The number of aromatic hydroxyl groups is 4. The van der Waals surface area contributed by atoms with E-state index in [9.17, 15) is 19.8 Å². The number of carbonyl (C=O) groups is 2. The molecule has 0 aliphatic heterocycles. The van der Waals surface area contributed by atoms with Crippen LogP contribution in [-0.4, -0.2) is 50.0 Å². The largest absolute Gasteiger partial charge is 0.508 e. The van der Waals surface area contributed by atoms with Crippen LogP contribution in [0.4, 0.5) is 0 Å². The van der Waals surface area contributed by atoms with Gasteiger partial charge in [0, 0.05) is 6.61 Å². The second kappa shape index (κ2) is 23.0. The summed E-state index contributed by atoms with van der Waals surface area (Å²) in [6.07, 6.45) is 14.2. The van der Waals surface area contributed by atoms with E-state index >= 15 is 0 Å². The fourth-order valence-electron chi connectivity index (χ4n) is 3.39. The van der Waals surface area contributed by atoms with Crippen LogP contribution in [0.1, 0.15) is 112 Å². The van der Waals surface area contributed by atoms with Crippen molar-refractivity contribution in [2.75, 3.05) is 13.2 Å². The standard InChI is InChI=1S/C15H22O4.C8H18O.C7H5ClO3/c1-2-3-4-5-6-7-10-19-15(18)13-11-12(16)8-9-14(13)17;1-2-3-4-5-6-7-8-9;8-7(11)5-3-4(9)1-2-6(5)10/h8-9,11,16-17H,2-7,10H2,1H3;9H,2-8H2,1H3;1-3,9-10H. The molecule has 0 radical (unpaired) electrons. The first-order valence-electron chi connectivity index (χ1n) is 13.7. The van der Waals surface area contributed by atoms with Crippen LogP contribution in [0.25, 0.3) is 0 Å². The minimum Gasteiger partial charge on any atom is -0.508 e. The fourth-order valence-corrected chi connectivity index (χ4v) is 3.54. The number of benzene rings is 2. The van der Waals surface area contributed by atoms with Crippen LogP contribution in [0.5, 0.6) is 23.0 Å². The molecule has 9 heteroatoms. The molecule has 0 saturated heterocycles. The van der Waals surface area contributed by atoms with Gasteiger partial charge in [-0.25, -0.2) is 4.79 Å². The third-order valence-electron chi connectivity index (χ3n) is 5.63. The Kier molecular flexibility index (Phi) is 21.2. The molecule has 39 heavy (non-hydrogen) atoms. The van der Waals surface area contributed by atoms with Gasteiger partial charge in [0.15, 0.2) is 0 Å². The number of unbranched alkanes of at least 4 members (excludes halogenated alkanes) is 10. The number of halogens is 1. The van der Waals surface area contributed by atoms with E-state index in [1.165, 1.54) is 81.7 Å². The highest BCUT2D eigenvalue weighted by atomic mass is 35.5. The maximum absolute atomic E-state index is 11.7. The Morgan fingerprint density at radius 1 is 0.667 bits per heavy atom. The molecule has 8 nitrogen and oxygen atoms in total. The topological polar surface area (TPSA) is 145 Å². The lowest BCUT2D eigenvalue weighted by Gasteiger charge is -2.06. The summed E-state index contributed by atoms with van der Waals surface area (Å²) in [5, 5.41) is 44.2. The molecule has 5 N–H and O–H groups in total. The Hall–Kier alpha value is -2.97. The number of phenols is 4. The van der Waals surface area contributed by atoms with Crippen LogP contribution in [0.2, 0.25) is 0 Å². The zero-order chi connectivity index (χ0) is 29.5. The summed E-state index contributed by atoms with van der Waals surface area (Å²) in [5.74, 6) is -1.17. The number of ether oxygens (including phenoxy) is 1. The van der Waals surface area contributed by atoms with Crippen LogP contribution in [0.3, 0.4) is 0 Å². The Morgan fingerprint density at radius 3 is 1.56 bits per heavy atom. The first kappa shape index (κ1) is 36.0. The highest BCUT2D eigenvalue weighted by molar-refractivity contribution is 6.68. The third kappa shape index (κ3) is 18.0. The van der Waals surface area contributed by atoms with E-state index in [2.05, 4.69) is 13.8 Å². The number of aliphatic hydroxyl groups is 1. The molecule has 2 aromatic carbocycles. The van der Waals surface area contributed by atoms with Crippen molar-refractivity contribution in [2.24, 2.45) is 0 Å². The van der Waals surface area contributed by atoms with E-state index in [0.717, 1.165) is 31.7 Å². The van der Waals surface area contributed by atoms with Gasteiger partial charge in [-0.1, -0.05) is 78.1 Å². The molecule has 0 fully saturated rings. The summed E-state index contributed by atoms with van der Waals surface area (Å²) < 4.78 is 5.06. The quantitative estimate of drug-likeness (QED) is 0.0645. The first-order chi connectivity index (χ1) is 18.7. The van der Waals surface area contributed by atoms with Crippen molar-refractivity contribution in [1.82, 2.24) is 0 Å². The minimum atomic E-state index is -0.793. The summed E-state index contributed by atoms with van der Waals surface area (Å²) in [6.45, 7) is 5.10. The van der Waals surface area contributed by atoms with E-state index in [4.69, 9.17) is 31.7 Å². The van der Waals surface area contributed by atoms with Gasteiger partial charge in [0.05, 0.1) is 12.2 Å². The Labute approximate surface area is 237 Å². The summed E-state index contributed by atoms with van der Waals surface area (Å²) in [7, 11) is 0. The van der Waals surface area contributed by atoms with Gasteiger partial charge < -0.3 is 30.3 Å². The van der Waals surface area contributed by atoms with Gasteiger partial charge in [0.25, 0.3) is 5.24 Å². The smallest absolute Gasteiger partial charge is 0.342 e. The van der Waals surface area contributed by atoms with Crippen molar-refractivity contribution < 1.29 is 39.9 Å². The SMILES string of the molecule is CCCCCCCCO.CCCCCCCCOC(=O)c1cc(O)ccc1O.O=C(Cl)c1cc(O)ccc1O. The number of carbonyl (C=O) groups excluding carboxylic acids is 2. The van der Waals surface area contributed by atoms with E-state index < -0.39 is 11.2 Å². The maximum Gasteiger partial charge on any atom is 0.342 e. The van der Waals surface area contributed by atoms with E-state index in [-0.39, 0.29) is 34.1 Å². The van der Waals surface area contributed by atoms with Crippen molar-refractivity contribution in [3.63, 3.8) is 0 Å². The average molecular weight is 569 g/mol. The van der Waals surface area contributed by atoms with Gasteiger partial charge in [0.2, 0.25) is 0 Å². The Bertz CT molecular complexity index is 943. The molecule has 2 aromatic rings. The fraction of sp³-hybridized carbons (Fsp3) is 0.533. The lowest BCUT2D eigenvalue weighted by atomic mass is 10.1. The van der Waals surface area contributed by atoms with Gasteiger partial charge in [-0.05, 0) is 60.8 Å². The van der Waals surface area contributed by atoms with Crippen molar-refractivity contribution in [2.45, 2.75) is 90.9 Å². The number of aliphatic hydroxyl groups excluding tert-OH is 1. The summed E-state index contributed by atoms with van der Waals surface area (Å²) in [6, 6.07) is 7.36. The van der Waals surface area contributed by atoms with Gasteiger partial charge in [0.1, 0.15) is 28.6 Å². The van der Waals surface area contributed by atoms with Gasteiger partial charge in [-0.3, -0.25) is 4.79 Å². The summed E-state index contributed by atoms with van der Waals surface area (Å²) in [4.78, 5) is 22.2. The zero-order valence-electron chi connectivity index (χ0n) is 23.2. The van der Waals surface area contributed by atoms with E-state index in [1.54, 1.807) is 0 Å². The molecule has 0 saturated carbocycles. The van der Waals surface area contributed by atoms with Crippen LogP contribution < -0.4 is 0 Å². The lowest BCUT2D eigenvalue weighted by Crippen LogP contribution is -2.06. The molecule has 0 aliphatic carbocycles. The maximum atomic E-state index is 11.7. The first-order valence-corrected chi connectivity index (χ1v) is 14.1. The van der Waals surface area contributed by atoms with Gasteiger partial charge in [-0.15, -0.1) is 0 Å². The summed E-state index contributed by atoms with van der Waals surface area (Å²) >= 11 is 5.07. The number of hydrogen-bond acceptors (Lipinski definition) is 8. The minimum absolute atomic E-state index is 0.00554. The Morgan fingerprint density at radius 2 is 1.10 bits per heavy atom. The second-order valence-electron chi connectivity index (χ2n) is 9.07. The van der Waals surface area contributed by atoms with Crippen molar-refractivity contribution in [3.05, 3.63) is 47.5 Å². The number of esters is 1. The highest BCUT2D eigenvalue weighted by Crippen LogP contribution is 2.24. The number of phenolic OH excluding ortho intramolecular Hbond substituents is 4. The predicted octanol–water partition coefficient (Wildman–Crippen LogP) is 7.43.